The highest BCUT2D eigenvalue weighted by atomic mass is 32.2. The van der Waals surface area contributed by atoms with Gasteiger partial charge >= 0.3 is 0 Å². The number of rotatable bonds is 5. The monoisotopic (exact) mass is 413 g/mol. The molecule has 1 amide bonds. The fourth-order valence-electron chi connectivity index (χ4n) is 2.75. The van der Waals surface area contributed by atoms with E-state index in [0.29, 0.717) is 26.7 Å². The Hall–Kier alpha value is -2.71. The van der Waals surface area contributed by atoms with E-state index in [0.717, 1.165) is 21.9 Å². The van der Waals surface area contributed by atoms with Gasteiger partial charge in [0.25, 0.3) is 5.91 Å². The molecule has 142 valence electrons. The molecule has 28 heavy (non-hydrogen) atoms. The van der Waals surface area contributed by atoms with Gasteiger partial charge < -0.3 is 4.52 Å². The zero-order chi connectivity index (χ0) is 19.7. The highest BCUT2D eigenvalue weighted by molar-refractivity contribution is 7.98. The van der Waals surface area contributed by atoms with Gasteiger partial charge in [-0.3, -0.25) is 10.1 Å². The van der Waals surface area contributed by atoms with E-state index in [1.807, 2.05) is 32.0 Å². The van der Waals surface area contributed by atoms with Crippen molar-refractivity contribution in [1.29, 1.82) is 0 Å². The van der Waals surface area contributed by atoms with Gasteiger partial charge in [-0.2, -0.15) is 0 Å². The number of hydrogen-bond acceptors (Lipinski definition) is 6. The lowest BCUT2D eigenvalue weighted by Gasteiger charge is -2.08. The van der Waals surface area contributed by atoms with Crippen LogP contribution in [0.3, 0.4) is 0 Å². The standard InChI is InChI=1S/C20H16FN3O2S2/c1-11-15(12(2)26-24-11)10-27-17-6-4-3-5-14(17)19(25)23-20-22-16-8-7-13(21)9-18(16)28-20/h3-9H,10H2,1-2H3,(H,22,23,25). The van der Waals surface area contributed by atoms with Gasteiger partial charge in [0.15, 0.2) is 5.13 Å². The molecule has 5 nitrogen and oxygen atoms in total. The molecule has 0 bridgehead atoms. The molecule has 0 saturated heterocycles. The number of thiazole rings is 1. The Morgan fingerprint density at radius 3 is 2.86 bits per heavy atom. The molecular formula is C20H16FN3O2S2. The average molecular weight is 413 g/mol. The minimum atomic E-state index is -0.324. The second-order valence-electron chi connectivity index (χ2n) is 6.17. The summed E-state index contributed by atoms with van der Waals surface area (Å²) in [6.07, 6.45) is 0. The Balaban J connectivity index is 1.54. The van der Waals surface area contributed by atoms with Crippen molar-refractivity contribution in [2.45, 2.75) is 24.5 Å². The molecule has 0 unspecified atom stereocenters. The number of nitrogens with one attached hydrogen (secondary N) is 1. The zero-order valence-electron chi connectivity index (χ0n) is 15.2. The quantitative estimate of drug-likeness (QED) is 0.432. The summed E-state index contributed by atoms with van der Waals surface area (Å²) < 4.78 is 19.3. The maximum absolute atomic E-state index is 13.4. The van der Waals surface area contributed by atoms with E-state index in [-0.39, 0.29) is 11.7 Å². The molecule has 1 N–H and O–H groups in total. The number of thioether (sulfide) groups is 1. The molecule has 0 aliphatic heterocycles. The number of hydrogen-bond donors (Lipinski definition) is 1. The maximum atomic E-state index is 13.4. The first-order valence-corrected chi connectivity index (χ1v) is 10.3. The van der Waals surface area contributed by atoms with Gasteiger partial charge in [-0.05, 0) is 44.2 Å². The van der Waals surface area contributed by atoms with Crippen LogP contribution >= 0.6 is 23.1 Å². The second kappa shape index (κ2) is 7.73. The molecule has 2 heterocycles. The van der Waals surface area contributed by atoms with Gasteiger partial charge in [0.05, 0.1) is 21.5 Å². The molecule has 2 aromatic carbocycles. The summed E-state index contributed by atoms with van der Waals surface area (Å²) >= 11 is 2.80. The normalized spacial score (nSPS) is 11.1. The van der Waals surface area contributed by atoms with Crippen LogP contribution < -0.4 is 5.32 Å². The maximum Gasteiger partial charge on any atom is 0.258 e. The van der Waals surface area contributed by atoms with E-state index >= 15 is 0 Å². The van der Waals surface area contributed by atoms with Crippen molar-refractivity contribution >= 4 is 44.4 Å². The molecular weight excluding hydrogens is 397 g/mol. The van der Waals surface area contributed by atoms with Crippen LogP contribution in [0.5, 0.6) is 0 Å². The number of carbonyl (C=O) groups excluding carboxylic acids is 1. The van der Waals surface area contributed by atoms with Gasteiger partial charge in [0.1, 0.15) is 11.6 Å². The Labute approximate surface area is 169 Å². The summed E-state index contributed by atoms with van der Waals surface area (Å²) in [6, 6.07) is 11.8. The van der Waals surface area contributed by atoms with E-state index in [2.05, 4.69) is 15.5 Å². The SMILES string of the molecule is Cc1noc(C)c1CSc1ccccc1C(=O)Nc1nc2ccc(F)cc2s1. The summed E-state index contributed by atoms with van der Waals surface area (Å²) in [5.74, 6) is 0.872. The van der Waals surface area contributed by atoms with Crippen LogP contribution in [0.1, 0.15) is 27.4 Å². The first-order valence-electron chi connectivity index (χ1n) is 8.52. The van der Waals surface area contributed by atoms with Crippen molar-refractivity contribution in [3.63, 3.8) is 0 Å². The molecule has 0 spiro atoms. The van der Waals surface area contributed by atoms with E-state index < -0.39 is 0 Å². The molecule has 0 saturated carbocycles. The van der Waals surface area contributed by atoms with E-state index in [9.17, 15) is 9.18 Å². The molecule has 0 fully saturated rings. The number of halogens is 1. The summed E-state index contributed by atoms with van der Waals surface area (Å²) in [5.41, 5.74) is 3.11. The molecule has 0 aliphatic rings. The van der Waals surface area contributed by atoms with Gasteiger partial charge in [-0.25, -0.2) is 9.37 Å². The van der Waals surface area contributed by atoms with E-state index in [1.165, 1.54) is 23.5 Å². The lowest BCUT2D eigenvalue weighted by molar-refractivity contribution is 0.102. The van der Waals surface area contributed by atoms with Crippen LogP contribution in [0.25, 0.3) is 10.2 Å². The first kappa shape index (κ1) is 18.6. The highest BCUT2D eigenvalue weighted by Gasteiger charge is 2.16. The van der Waals surface area contributed by atoms with Crippen molar-refractivity contribution < 1.29 is 13.7 Å². The van der Waals surface area contributed by atoms with Crippen molar-refractivity contribution in [2.75, 3.05) is 5.32 Å². The molecule has 4 rings (SSSR count). The molecule has 4 aromatic rings. The predicted octanol–water partition coefficient (Wildman–Crippen LogP) is 5.58. The third kappa shape index (κ3) is 3.79. The van der Waals surface area contributed by atoms with E-state index in [4.69, 9.17) is 4.52 Å². The first-order chi connectivity index (χ1) is 13.5. The van der Waals surface area contributed by atoms with Crippen LogP contribution in [0.2, 0.25) is 0 Å². The number of fused-ring (bicyclic) bond motifs is 1. The second-order valence-corrected chi connectivity index (χ2v) is 8.22. The number of anilines is 1. The highest BCUT2D eigenvalue weighted by Crippen LogP contribution is 2.31. The smallest absolute Gasteiger partial charge is 0.258 e. The molecule has 8 heteroatoms. The minimum Gasteiger partial charge on any atom is -0.361 e. The number of aromatic nitrogens is 2. The van der Waals surface area contributed by atoms with Crippen LogP contribution in [-0.2, 0) is 5.75 Å². The number of benzene rings is 2. The summed E-state index contributed by atoms with van der Waals surface area (Å²) in [4.78, 5) is 18.0. The third-order valence-electron chi connectivity index (χ3n) is 4.26. The Morgan fingerprint density at radius 1 is 1.25 bits per heavy atom. The van der Waals surface area contributed by atoms with Gasteiger partial charge in [-0.1, -0.05) is 28.6 Å². The largest absolute Gasteiger partial charge is 0.361 e. The fraction of sp³-hybridized carbons (Fsp3) is 0.150. The Kier molecular flexibility index (Phi) is 5.15. The lowest BCUT2D eigenvalue weighted by Crippen LogP contribution is -2.12. The minimum absolute atomic E-state index is 0.249. The third-order valence-corrected chi connectivity index (χ3v) is 6.29. The molecule has 2 aromatic heterocycles. The average Bonchev–Trinajstić information content (AvgIpc) is 3.22. The fourth-order valence-corrected chi connectivity index (χ4v) is 4.84. The van der Waals surface area contributed by atoms with Crippen LogP contribution in [-0.4, -0.2) is 16.0 Å². The molecule has 0 aliphatic carbocycles. The topological polar surface area (TPSA) is 68.0 Å². The Bertz CT molecular complexity index is 1150. The van der Waals surface area contributed by atoms with Crippen molar-refractivity contribution in [3.8, 4) is 0 Å². The molecule has 0 radical (unpaired) electrons. The number of aryl methyl sites for hydroxylation is 2. The van der Waals surface area contributed by atoms with Crippen LogP contribution in [0.4, 0.5) is 9.52 Å². The number of nitrogens with zero attached hydrogens (tertiary/aromatic N) is 2. The molecule has 0 atom stereocenters. The number of amides is 1. The lowest BCUT2D eigenvalue weighted by atomic mass is 10.2. The number of carbonyl (C=O) groups is 1. The Morgan fingerprint density at radius 2 is 2.07 bits per heavy atom. The van der Waals surface area contributed by atoms with Gasteiger partial charge in [-0.15, -0.1) is 11.8 Å². The summed E-state index contributed by atoms with van der Waals surface area (Å²) in [6.45, 7) is 3.78. The van der Waals surface area contributed by atoms with Crippen LogP contribution in [0, 0.1) is 19.7 Å². The van der Waals surface area contributed by atoms with E-state index in [1.54, 1.807) is 23.9 Å². The van der Waals surface area contributed by atoms with Crippen molar-refractivity contribution in [1.82, 2.24) is 10.1 Å². The zero-order valence-corrected chi connectivity index (χ0v) is 16.8. The van der Waals surface area contributed by atoms with Gasteiger partial charge in [0.2, 0.25) is 0 Å². The summed E-state index contributed by atoms with van der Waals surface area (Å²) in [7, 11) is 0. The summed E-state index contributed by atoms with van der Waals surface area (Å²) in [5, 5.41) is 7.23. The van der Waals surface area contributed by atoms with Crippen LogP contribution in [0.15, 0.2) is 51.9 Å². The van der Waals surface area contributed by atoms with Crippen molar-refractivity contribution in [3.05, 3.63) is 70.9 Å². The predicted molar refractivity (Wildman–Crippen MR) is 110 cm³/mol. The van der Waals surface area contributed by atoms with Crippen molar-refractivity contribution in [2.24, 2.45) is 0 Å². The van der Waals surface area contributed by atoms with Gasteiger partial charge in [0, 0.05) is 16.2 Å².